The highest BCUT2D eigenvalue weighted by Gasteiger charge is 2.55. The SMILES string of the molecule is CCCC(O)C1OC2OC(C)(C)OC2C1O. The fourth-order valence-electron chi connectivity index (χ4n) is 2.29. The topological polar surface area (TPSA) is 68.2 Å². The first kappa shape index (κ1) is 12.3. The fourth-order valence-corrected chi connectivity index (χ4v) is 2.29. The molecule has 5 unspecified atom stereocenters. The molecule has 0 saturated carbocycles. The molecule has 5 atom stereocenters. The Hall–Kier alpha value is -0.200. The van der Waals surface area contributed by atoms with Crippen LogP contribution in [-0.4, -0.2) is 46.7 Å². The highest BCUT2D eigenvalue weighted by Crippen LogP contribution is 2.38. The molecule has 0 spiro atoms. The van der Waals surface area contributed by atoms with Crippen LogP contribution in [-0.2, 0) is 14.2 Å². The molecule has 16 heavy (non-hydrogen) atoms. The van der Waals surface area contributed by atoms with Gasteiger partial charge in [0.15, 0.2) is 12.1 Å². The summed E-state index contributed by atoms with van der Waals surface area (Å²) in [5.41, 5.74) is 0. The van der Waals surface area contributed by atoms with Gasteiger partial charge in [-0.25, -0.2) is 0 Å². The molecule has 2 fully saturated rings. The lowest BCUT2D eigenvalue weighted by molar-refractivity contribution is -0.226. The van der Waals surface area contributed by atoms with Crippen LogP contribution in [0.2, 0.25) is 0 Å². The van der Waals surface area contributed by atoms with Gasteiger partial charge in [0.1, 0.15) is 18.3 Å². The van der Waals surface area contributed by atoms with E-state index < -0.39 is 36.5 Å². The third kappa shape index (κ3) is 2.10. The zero-order chi connectivity index (χ0) is 11.9. The Bertz CT molecular complexity index is 255. The van der Waals surface area contributed by atoms with E-state index in [4.69, 9.17) is 14.2 Å². The van der Waals surface area contributed by atoms with Crippen LogP contribution in [0.3, 0.4) is 0 Å². The lowest BCUT2D eigenvalue weighted by Crippen LogP contribution is -2.40. The minimum atomic E-state index is -0.826. The van der Waals surface area contributed by atoms with Crippen molar-refractivity contribution in [2.45, 2.75) is 70.1 Å². The van der Waals surface area contributed by atoms with Gasteiger partial charge in [-0.3, -0.25) is 0 Å². The van der Waals surface area contributed by atoms with Crippen molar-refractivity contribution in [2.75, 3.05) is 0 Å². The van der Waals surface area contributed by atoms with Crippen molar-refractivity contribution in [3.63, 3.8) is 0 Å². The van der Waals surface area contributed by atoms with Gasteiger partial charge in [-0.15, -0.1) is 0 Å². The molecule has 0 aliphatic carbocycles. The quantitative estimate of drug-likeness (QED) is 0.736. The highest BCUT2D eigenvalue weighted by atomic mass is 16.8. The maximum atomic E-state index is 10.00. The summed E-state index contributed by atoms with van der Waals surface area (Å²) in [6.45, 7) is 5.53. The van der Waals surface area contributed by atoms with Crippen molar-refractivity contribution in [1.29, 1.82) is 0 Å². The van der Waals surface area contributed by atoms with Crippen molar-refractivity contribution < 1.29 is 24.4 Å². The summed E-state index contributed by atoms with van der Waals surface area (Å²) in [5.74, 6) is -0.725. The monoisotopic (exact) mass is 232 g/mol. The first-order valence-electron chi connectivity index (χ1n) is 5.82. The van der Waals surface area contributed by atoms with Crippen LogP contribution < -0.4 is 0 Å². The summed E-state index contributed by atoms with van der Waals surface area (Å²) in [5, 5.41) is 19.8. The number of hydrogen-bond acceptors (Lipinski definition) is 5. The summed E-state index contributed by atoms with van der Waals surface area (Å²) in [4.78, 5) is 0. The molecule has 0 amide bonds. The molecule has 0 radical (unpaired) electrons. The van der Waals surface area contributed by atoms with Gasteiger partial charge in [-0.05, 0) is 20.3 Å². The summed E-state index contributed by atoms with van der Waals surface area (Å²) in [7, 11) is 0. The molecule has 2 aliphatic rings. The summed E-state index contributed by atoms with van der Waals surface area (Å²) < 4.78 is 16.5. The van der Waals surface area contributed by atoms with E-state index in [9.17, 15) is 10.2 Å². The lowest BCUT2D eigenvalue weighted by Gasteiger charge is -2.25. The Kier molecular flexibility index (Phi) is 3.25. The number of aliphatic hydroxyl groups excluding tert-OH is 2. The summed E-state index contributed by atoms with van der Waals surface area (Å²) in [6, 6.07) is 0. The predicted molar refractivity (Wildman–Crippen MR) is 55.6 cm³/mol. The molecule has 2 N–H and O–H groups in total. The zero-order valence-electron chi connectivity index (χ0n) is 9.92. The lowest BCUT2D eigenvalue weighted by atomic mass is 10.0. The second-order valence-electron chi connectivity index (χ2n) is 4.92. The maximum Gasteiger partial charge on any atom is 0.190 e. The normalized spacial score (nSPS) is 43.3. The first-order valence-corrected chi connectivity index (χ1v) is 5.82. The third-order valence-electron chi connectivity index (χ3n) is 3.02. The number of hydrogen-bond donors (Lipinski definition) is 2. The van der Waals surface area contributed by atoms with Gasteiger partial charge < -0.3 is 24.4 Å². The summed E-state index contributed by atoms with van der Waals surface area (Å²) >= 11 is 0. The van der Waals surface area contributed by atoms with E-state index in [1.54, 1.807) is 13.8 Å². The van der Waals surface area contributed by atoms with Gasteiger partial charge in [0, 0.05) is 0 Å². The molecule has 0 bridgehead atoms. The standard InChI is InChI=1S/C11H20O5/c1-4-5-6(12)8-7(13)9-10(14-8)16-11(2,3)15-9/h6-10,12-13H,4-5H2,1-3H3. The second kappa shape index (κ2) is 4.23. The molecule has 5 nitrogen and oxygen atoms in total. The van der Waals surface area contributed by atoms with Gasteiger partial charge in [-0.2, -0.15) is 0 Å². The molecular formula is C11H20O5. The molecular weight excluding hydrogens is 212 g/mol. The van der Waals surface area contributed by atoms with E-state index in [0.29, 0.717) is 6.42 Å². The van der Waals surface area contributed by atoms with Gasteiger partial charge in [0.25, 0.3) is 0 Å². The van der Waals surface area contributed by atoms with Crippen LogP contribution in [0.25, 0.3) is 0 Å². The number of ether oxygens (including phenoxy) is 3. The van der Waals surface area contributed by atoms with E-state index in [1.807, 2.05) is 6.92 Å². The Labute approximate surface area is 95.3 Å². The van der Waals surface area contributed by atoms with E-state index in [0.717, 1.165) is 6.42 Å². The maximum absolute atomic E-state index is 10.00. The largest absolute Gasteiger partial charge is 0.390 e. The number of rotatable bonds is 3. The van der Waals surface area contributed by atoms with Crippen molar-refractivity contribution in [3.05, 3.63) is 0 Å². The van der Waals surface area contributed by atoms with Crippen LogP contribution in [0.15, 0.2) is 0 Å². The molecule has 0 aromatic rings. The molecule has 2 saturated heterocycles. The highest BCUT2D eigenvalue weighted by molar-refractivity contribution is 4.95. The van der Waals surface area contributed by atoms with Crippen molar-refractivity contribution in [3.8, 4) is 0 Å². The zero-order valence-corrected chi connectivity index (χ0v) is 9.92. The van der Waals surface area contributed by atoms with Gasteiger partial charge >= 0.3 is 0 Å². The second-order valence-corrected chi connectivity index (χ2v) is 4.92. The van der Waals surface area contributed by atoms with E-state index in [1.165, 1.54) is 0 Å². The smallest absolute Gasteiger partial charge is 0.190 e. The van der Waals surface area contributed by atoms with E-state index in [2.05, 4.69) is 0 Å². The molecule has 2 heterocycles. The van der Waals surface area contributed by atoms with Gasteiger partial charge in [0.2, 0.25) is 0 Å². The van der Waals surface area contributed by atoms with Crippen molar-refractivity contribution >= 4 is 0 Å². The minimum absolute atomic E-state index is 0.494. The molecule has 5 heteroatoms. The molecule has 0 aromatic heterocycles. The van der Waals surface area contributed by atoms with E-state index in [-0.39, 0.29) is 0 Å². The predicted octanol–water partition coefficient (Wildman–Crippen LogP) is 0.385. The van der Waals surface area contributed by atoms with Gasteiger partial charge in [0.05, 0.1) is 6.10 Å². The number of fused-ring (bicyclic) bond motifs is 1. The average Bonchev–Trinajstić information content (AvgIpc) is 2.62. The van der Waals surface area contributed by atoms with Gasteiger partial charge in [-0.1, -0.05) is 13.3 Å². The Morgan fingerprint density at radius 1 is 1.31 bits per heavy atom. The Morgan fingerprint density at radius 2 is 2.00 bits per heavy atom. The Morgan fingerprint density at radius 3 is 2.56 bits per heavy atom. The third-order valence-corrected chi connectivity index (χ3v) is 3.02. The first-order chi connectivity index (χ1) is 7.44. The van der Waals surface area contributed by atoms with Crippen LogP contribution in [0.4, 0.5) is 0 Å². The summed E-state index contributed by atoms with van der Waals surface area (Å²) in [6.07, 6.45) is -1.71. The molecule has 94 valence electrons. The Balaban J connectivity index is 1.99. The fraction of sp³-hybridized carbons (Fsp3) is 1.00. The van der Waals surface area contributed by atoms with E-state index >= 15 is 0 Å². The van der Waals surface area contributed by atoms with Crippen molar-refractivity contribution in [2.24, 2.45) is 0 Å². The molecule has 2 rings (SSSR count). The minimum Gasteiger partial charge on any atom is -0.390 e. The molecule has 2 aliphatic heterocycles. The van der Waals surface area contributed by atoms with Crippen molar-refractivity contribution in [1.82, 2.24) is 0 Å². The van der Waals surface area contributed by atoms with Crippen LogP contribution in [0, 0.1) is 0 Å². The van der Waals surface area contributed by atoms with Crippen LogP contribution in [0.1, 0.15) is 33.6 Å². The molecule has 0 aromatic carbocycles. The van der Waals surface area contributed by atoms with Crippen LogP contribution >= 0.6 is 0 Å². The average molecular weight is 232 g/mol. The number of aliphatic hydroxyl groups is 2. The van der Waals surface area contributed by atoms with Crippen LogP contribution in [0.5, 0.6) is 0 Å².